The summed E-state index contributed by atoms with van der Waals surface area (Å²) in [5.74, 6) is 7.69. The highest BCUT2D eigenvalue weighted by molar-refractivity contribution is 5.85. The number of piperidine rings is 1. The number of aryl methyl sites for hydroxylation is 1. The Morgan fingerprint density at radius 1 is 1.13 bits per heavy atom. The van der Waals surface area contributed by atoms with Gasteiger partial charge in [0.05, 0.1) is 23.0 Å². The number of hydrogen-bond acceptors (Lipinski definition) is 6. The highest BCUT2D eigenvalue weighted by Gasteiger charge is 2.30. The molecule has 0 saturated carbocycles. The average molecular weight is 504 g/mol. The van der Waals surface area contributed by atoms with E-state index >= 15 is 0 Å². The number of rotatable bonds is 5. The van der Waals surface area contributed by atoms with Gasteiger partial charge in [-0.05, 0) is 56.5 Å². The van der Waals surface area contributed by atoms with Crippen LogP contribution in [0, 0.1) is 36.0 Å². The van der Waals surface area contributed by atoms with Crippen molar-refractivity contribution in [3.05, 3.63) is 77.5 Å². The number of nitrogens with one attached hydrogen (secondary N) is 1. The van der Waals surface area contributed by atoms with E-state index in [4.69, 9.17) is 4.98 Å². The van der Waals surface area contributed by atoms with Crippen molar-refractivity contribution in [2.75, 3.05) is 18.0 Å². The van der Waals surface area contributed by atoms with E-state index in [1.807, 2.05) is 30.7 Å². The molecular weight excluding hydrogens is 470 g/mol. The van der Waals surface area contributed by atoms with Crippen molar-refractivity contribution in [3.63, 3.8) is 0 Å². The SMILES string of the molecule is Cc1cccnc1CNC1(C)CCN(c2ccc(-c3cc(C#CC(C)C)cn4ncc(C#N)c34)cn2)CC1. The average Bonchev–Trinajstić information content (AvgIpc) is 3.35. The number of anilines is 1. The molecule has 1 fully saturated rings. The van der Waals surface area contributed by atoms with Crippen LogP contribution >= 0.6 is 0 Å². The second-order valence-corrected chi connectivity index (χ2v) is 10.6. The molecule has 4 aromatic heterocycles. The Morgan fingerprint density at radius 2 is 1.95 bits per heavy atom. The molecule has 7 heteroatoms. The number of fused-ring (bicyclic) bond motifs is 1. The van der Waals surface area contributed by atoms with E-state index in [1.54, 1.807) is 10.7 Å². The fraction of sp³-hybridized carbons (Fsp3) is 0.355. The summed E-state index contributed by atoms with van der Waals surface area (Å²) in [6.45, 7) is 11.2. The monoisotopic (exact) mass is 503 g/mol. The van der Waals surface area contributed by atoms with Gasteiger partial charge in [0.25, 0.3) is 0 Å². The Hall–Kier alpha value is -4.20. The Morgan fingerprint density at radius 3 is 2.63 bits per heavy atom. The lowest BCUT2D eigenvalue weighted by molar-refractivity contribution is 0.280. The first-order valence-electron chi connectivity index (χ1n) is 13.2. The van der Waals surface area contributed by atoms with Crippen LogP contribution in [-0.2, 0) is 6.54 Å². The van der Waals surface area contributed by atoms with Crippen molar-refractivity contribution in [1.29, 1.82) is 5.26 Å². The van der Waals surface area contributed by atoms with Gasteiger partial charge < -0.3 is 10.2 Å². The molecule has 7 nitrogen and oxygen atoms in total. The van der Waals surface area contributed by atoms with Crippen LogP contribution in [0.4, 0.5) is 5.82 Å². The van der Waals surface area contributed by atoms with Crippen LogP contribution in [0.15, 0.2) is 55.1 Å². The Bertz CT molecular complexity index is 1540. The summed E-state index contributed by atoms with van der Waals surface area (Å²) >= 11 is 0. The molecular formula is C31H33N7. The van der Waals surface area contributed by atoms with Crippen molar-refractivity contribution in [2.45, 2.75) is 52.6 Å². The van der Waals surface area contributed by atoms with Crippen molar-refractivity contribution >= 4 is 11.3 Å². The number of hydrogen-bond donors (Lipinski definition) is 1. The molecule has 1 N–H and O–H groups in total. The third-order valence-corrected chi connectivity index (χ3v) is 7.29. The van der Waals surface area contributed by atoms with Gasteiger partial charge in [-0.1, -0.05) is 31.8 Å². The van der Waals surface area contributed by atoms with Crippen LogP contribution in [0.3, 0.4) is 0 Å². The smallest absolute Gasteiger partial charge is 0.128 e. The van der Waals surface area contributed by atoms with Gasteiger partial charge in [-0.25, -0.2) is 9.50 Å². The number of nitriles is 1. The first kappa shape index (κ1) is 25.4. The van der Waals surface area contributed by atoms with Gasteiger partial charge in [0.2, 0.25) is 0 Å². The van der Waals surface area contributed by atoms with Crippen LogP contribution in [0.2, 0.25) is 0 Å². The second kappa shape index (κ2) is 10.7. The minimum Gasteiger partial charge on any atom is -0.356 e. The van der Waals surface area contributed by atoms with Crippen molar-refractivity contribution in [3.8, 4) is 29.0 Å². The Kier molecular flexibility index (Phi) is 7.13. The first-order chi connectivity index (χ1) is 18.3. The van der Waals surface area contributed by atoms with Crippen LogP contribution in [-0.4, -0.2) is 38.2 Å². The molecule has 0 radical (unpaired) electrons. The van der Waals surface area contributed by atoms with Gasteiger partial charge in [-0.15, -0.1) is 0 Å². The minimum atomic E-state index is 0.0686. The van der Waals surface area contributed by atoms with Gasteiger partial charge >= 0.3 is 0 Å². The molecule has 0 bridgehead atoms. The first-order valence-corrected chi connectivity index (χ1v) is 13.2. The highest BCUT2D eigenvalue weighted by atomic mass is 15.2. The van der Waals surface area contributed by atoms with E-state index in [0.717, 1.165) is 66.2 Å². The topological polar surface area (TPSA) is 82.1 Å². The lowest BCUT2D eigenvalue weighted by Gasteiger charge is -2.40. The third-order valence-electron chi connectivity index (χ3n) is 7.29. The van der Waals surface area contributed by atoms with Crippen LogP contribution in [0.5, 0.6) is 0 Å². The molecule has 5 rings (SSSR count). The summed E-state index contributed by atoms with van der Waals surface area (Å²) < 4.78 is 1.75. The number of pyridine rings is 3. The van der Waals surface area contributed by atoms with Crippen molar-refractivity contribution in [1.82, 2.24) is 24.9 Å². The maximum absolute atomic E-state index is 9.65. The number of nitrogens with zero attached hydrogens (tertiary/aromatic N) is 6. The molecule has 0 spiro atoms. The van der Waals surface area contributed by atoms with Crippen LogP contribution in [0.25, 0.3) is 16.6 Å². The van der Waals surface area contributed by atoms with Crippen LogP contribution < -0.4 is 10.2 Å². The van der Waals surface area contributed by atoms with E-state index in [9.17, 15) is 5.26 Å². The van der Waals surface area contributed by atoms with Gasteiger partial charge in [0, 0.05) is 66.4 Å². The van der Waals surface area contributed by atoms with E-state index in [0.29, 0.717) is 5.56 Å². The Balaban J connectivity index is 1.32. The predicted molar refractivity (Wildman–Crippen MR) is 151 cm³/mol. The molecule has 1 aliphatic heterocycles. The molecule has 0 atom stereocenters. The van der Waals surface area contributed by atoms with Crippen LogP contribution in [0.1, 0.15) is 56.0 Å². The normalized spacial score (nSPS) is 14.8. The second-order valence-electron chi connectivity index (χ2n) is 10.6. The molecule has 0 aromatic carbocycles. The standard InChI is InChI=1S/C31H33N7/c1-22(2)7-8-24-16-27(30-26(17-32)19-36-38(30)21-24)25-9-10-29(34-18-25)37-14-11-31(4,12-15-37)35-20-28-23(3)6-5-13-33-28/h5-6,9-10,13,16,18-19,21-22,35H,11-12,14-15,20H2,1-4H3. The molecule has 1 aliphatic rings. The zero-order valence-electron chi connectivity index (χ0n) is 22.5. The zero-order valence-corrected chi connectivity index (χ0v) is 22.5. The summed E-state index contributed by atoms with van der Waals surface area (Å²) in [5, 5.41) is 17.8. The van der Waals surface area contributed by atoms with Gasteiger partial charge in [-0.2, -0.15) is 10.4 Å². The fourth-order valence-electron chi connectivity index (χ4n) is 4.86. The minimum absolute atomic E-state index is 0.0686. The molecule has 1 saturated heterocycles. The summed E-state index contributed by atoms with van der Waals surface area (Å²) in [6, 6.07) is 12.6. The lowest BCUT2D eigenvalue weighted by Crippen LogP contribution is -2.51. The third kappa shape index (κ3) is 5.39. The molecule has 192 valence electrons. The van der Waals surface area contributed by atoms with Gasteiger partial charge in [-0.3, -0.25) is 4.98 Å². The quantitative estimate of drug-likeness (QED) is 0.380. The lowest BCUT2D eigenvalue weighted by atomic mass is 9.89. The van der Waals surface area contributed by atoms with Gasteiger partial charge in [0.1, 0.15) is 11.9 Å². The fourth-order valence-corrected chi connectivity index (χ4v) is 4.86. The van der Waals surface area contributed by atoms with E-state index < -0.39 is 0 Å². The Labute approximate surface area is 224 Å². The summed E-state index contributed by atoms with van der Waals surface area (Å²) in [6.07, 6.45) is 9.30. The number of aromatic nitrogens is 4. The summed E-state index contributed by atoms with van der Waals surface area (Å²) in [7, 11) is 0. The molecule has 4 aromatic rings. The van der Waals surface area contributed by atoms with E-state index in [-0.39, 0.29) is 11.5 Å². The van der Waals surface area contributed by atoms with E-state index in [2.05, 4.69) is 84.1 Å². The molecule has 38 heavy (non-hydrogen) atoms. The van der Waals surface area contributed by atoms with Crippen molar-refractivity contribution in [2.24, 2.45) is 5.92 Å². The molecule has 0 unspecified atom stereocenters. The van der Waals surface area contributed by atoms with E-state index in [1.165, 1.54) is 5.56 Å². The predicted octanol–water partition coefficient (Wildman–Crippen LogP) is 5.13. The molecule has 5 heterocycles. The summed E-state index contributed by atoms with van der Waals surface area (Å²) in [4.78, 5) is 11.7. The molecule has 0 amide bonds. The molecule has 0 aliphatic carbocycles. The largest absolute Gasteiger partial charge is 0.356 e. The summed E-state index contributed by atoms with van der Waals surface area (Å²) in [5.41, 5.74) is 6.43. The van der Waals surface area contributed by atoms with Crippen molar-refractivity contribution < 1.29 is 0 Å². The maximum atomic E-state index is 9.65. The maximum Gasteiger partial charge on any atom is 0.128 e. The highest BCUT2D eigenvalue weighted by Crippen LogP contribution is 2.30. The zero-order chi connectivity index (χ0) is 26.7. The van der Waals surface area contributed by atoms with Gasteiger partial charge in [0.15, 0.2) is 0 Å².